The average molecular weight is 315 g/mol. The predicted octanol–water partition coefficient (Wildman–Crippen LogP) is 5.00. The first-order valence-electron chi connectivity index (χ1n) is 5.86. The van der Waals surface area contributed by atoms with Crippen LogP contribution in [0.4, 0.5) is 29.3 Å². The van der Waals surface area contributed by atoms with Crippen LogP contribution in [0.3, 0.4) is 0 Å². The second kappa shape index (κ2) is 6.05. The van der Waals surface area contributed by atoms with Crippen molar-refractivity contribution in [1.29, 1.82) is 0 Å². The zero-order valence-electron chi connectivity index (χ0n) is 10.5. The zero-order chi connectivity index (χ0) is 15.5. The summed E-state index contributed by atoms with van der Waals surface area (Å²) < 4.78 is 38.4. The lowest BCUT2D eigenvalue weighted by Crippen LogP contribution is -2.21. The summed E-state index contributed by atoms with van der Waals surface area (Å²) in [5.41, 5.74) is -0.797. The zero-order valence-corrected chi connectivity index (χ0v) is 11.3. The van der Waals surface area contributed by atoms with E-state index in [4.69, 9.17) is 11.6 Å². The van der Waals surface area contributed by atoms with E-state index in [2.05, 4.69) is 10.6 Å². The van der Waals surface area contributed by atoms with Crippen LogP contribution >= 0.6 is 11.6 Å². The summed E-state index contributed by atoms with van der Waals surface area (Å²) in [6, 6.07) is 10.2. The van der Waals surface area contributed by atoms with Gasteiger partial charge in [0, 0.05) is 10.7 Å². The Kier molecular flexibility index (Phi) is 4.37. The molecule has 110 valence electrons. The molecule has 0 spiro atoms. The first-order chi connectivity index (χ1) is 9.86. The van der Waals surface area contributed by atoms with Crippen LogP contribution in [0.2, 0.25) is 5.02 Å². The Labute approximate surface area is 123 Å². The highest BCUT2D eigenvalue weighted by Crippen LogP contribution is 2.34. The summed E-state index contributed by atoms with van der Waals surface area (Å²) >= 11 is 5.70. The van der Waals surface area contributed by atoms with Gasteiger partial charge in [-0.2, -0.15) is 13.2 Å². The fraction of sp³-hybridized carbons (Fsp3) is 0.0714. The fourth-order valence-corrected chi connectivity index (χ4v) is 1.78. The maximum absolute atomic E-state index is 12.8. The number of para-hydroxylation sites is 1. The van der Waals surface area contributed by atoms with Gasteiger partial charge in [0.05, 0.1) is 11.3 Å². The molecule has 2 aromatic carbocycles. The van der Waals surface area contributed by atoms with Gasteiger partial charge in [0.25, 0.3) is 0 Å². The van der Waals surface area contributed by atoms with Crippen molar-refractivity contribution in [3.8, 4) is 0 Å². The van der Waals surface area contributed by atoms with Crippen molar-refractivity contribution in [3.63, 3.8) is 0 Å². The first kappa shape index (κ1) is 15.2. The Morgan fingerprint density at radius 3 is 2.19 bits per heavy atom. The molecule has 0 heterocycles. The van der Waals surface area contributed by atoms with Crippen LogP contribution in [0.15, 0.2) is 48.5 Å². The highest BCUT2D eigenvalue weighted by molar-refractivity contribution is 6.30. The minimum atomic E-state index is -4.54. The van der Waals surface area contributed by atoms with Crippen LogP contribution in [0.25, 0.3) is 0 Å². The van der Waals surface area contributed by atoms with Crippen molar-refractivity contribution in [3.05, 3.63) is 59.1 Å². The molecule has 2 aromatic rings. The monoisotopic (exact) mass is 314 g/mol. The molecule has 2 rings (SSSR count). The van der Waals surface area contributed by atoms with Crippen molar-refractivity contribution in [1.82, 2.24) is 0 Å². The molecule has 0 unspecified atom stereocenters. The van der Waals surface area contributed by atoms with Crippen LogP contribution in [0.1, 0.15) is 5.56 Å². The van der Waals surface area contributed by atoms with E-state index in [1.807, 2.05) is 0 Å². The van der Waals surface area contributed by atoms with Crippen molar-refractivity contribution >= 4 is 29.0 Å². The lowest BCUT2D eigenvalue weighted by molar-refractivity contribution is -0.136. The largest absolute Gasteiger partial charge is 0.418 e. The molecule has 0 bridgehead atoms. The van der Waals surface area contributed by atoms with Gasteiger partial charge in [0.15, 0.2) is 0 Å². The molecule has 2 N–H and O–H groups in total. The first-order valence-corrected chi connectivity index (χ1v) is 6.24. The molecule has 7 heteroatoms. The molecule has 21 heavy (non-hydrogen) atoms. The van der Waals surface area contributed by atoms with Crippen molar-refractivity contribution < 1.29 is 18.0 Å². The third-order valence-corrected chi connectivity index (χ3v) is 2.83. The average Bonchev–Trinajstić information content (AvgIpc) is 2.41. The number of alkyl halides is 3. The second-order valence-corrected chi connectivity index (χ2v) is 4.57. The van der Waals surface area contributed by atoms with Crippen LogP contribution < -0.4 is 10.6 Å². The van der Waals surface area contributed by atoms with Crippen LogP contribution in [0, 0.1) is 0 Å². The van der Waals surface area contributed by atoms with Crippen LogP contribution in [-0.4, -0.2) is 6.03 Å². The van der Waals surface area contributed by atoms with Crippen LogP contribution in [0.5, 0.6) is 0 Å². The van der Waals surface area contributed by atoms with Gasteiger partial charge in [-0.15, -0.1) is 0 Å². The third-order valence-electron chi connectivity index (χ3n) is 2.58. The summed E-state index contributed by atoms with van der Waals surface area (Å²) in [4.78, 5) is 11.7. The standard InChI is InChI=1S/C14H10ClF3N2O/c15-9-5-7-10(8-6-9)19-13(21)20-12-4-2-1-3-11(12)14(16,17)18/h1-8H,(H2,19,20,21). The maximum Gasteiger partial charge on any atom is 0.418 e. The topological polar surface area (TPSA) is 41.1 Å². The fourth-order valence-electron chi connectivity index (χ4n) is 1.66. The number of amides is 2. The Hall–Kier alpha value is -2.21. The highest BCUT2D eigenvalue weighted by atomic mass is 35.5. The molecule has 0 fully saturated rings. The lowest BCUT2D eigenvalue weighted by atomic mass is 10.1. The molecule has 0 radical (unpaired) electrons. The number of rotatable bonds is 2. The molecule has 2 amide bonds. The summed E-state index contributed by atoms with van der Waals surface area (Å²) in [6.07, 6.45) is -4.54. The SMILES string of the molecule is O=C(Nc1ccc(Cl)cc1)Nc1ccccc1C(F)(F)F. The van der Waals surface area contributed by atoms with Gasteiger partial charge in [0.2, 0.25) is 0 Å². The number of hydrogen-bond donors (Lipinski definition) is 2. The Balaban J connectivity index is 2.11. The van der Waals surface area contributed by atoms with E-state index in [1.165, 1.54) is 30.3 Å². The number of halogens is 4. The van der Waals surface area contributed by atoms with E-state index in [9.17, 15) is 18.0 Å². The number of carbonyl (C=O) groups excluding carboxylic acids is 1. The smallest absolute Gasteiger partial charge is 0.308 e. The van der Waals surface area contributed by atoms with E-state index in [0.717, 1.165) is 6.07 Å². The number of benzene rings is 2. The van der Waals surface area contributed by atoms with Gasteiger partial charge < -0.3 is 10.6 Å². The van der Waals surface area contributed by atoms with E-state index >= 15 is 0 Å². The molecule has 0 saturated carbocycles. The number of carbonyl (C=O) groups is 1. The predicted molar refractivity (Wildman–Crippen MR) is 75.5 cm³/mol. The van der Waals surface area contributed by atoms with E-state index < -0.39 is 17.8 Å². The Bertz CT molecular complexity index is 641. The van der Waals surface area contributed by atoms with Gasteiger partial charge >= 0.3 is 12.2 Å². The number of urea groups is 1. The van der Waals surface area contributed by atoms with Gasteiger partial charge in [0.1, 0.15) is 0 Å². The molecule has 0 saturated heterocycles. The minimum absolute atomic E-state index is 0.309. The number of anilines is 2. The molecule has 0 atom stereocenters. The normalized spacial score (nSPS) is 11.0. The van der Waals surface area contributed by atoms with Crippen molar-refractivity contribution in [2.24, 2.45) is 0 Å². The molecular formula is C14H10ClF3N2O. The van der Waals surface area contributed by atoms with Crippen molar-refractivity contribution in [2.45, 2.75) is 6.18 Å². The molecule has 0 aliphatic carbocycles. The highest BCUT2D eigenvalue weighted by Gasteiger charge is 2.33. The molecular weight excluding hydrogens is 305 g/mol. The van der Waals surface area contributed by atoms with E-state index in [0.29, 0.717) is 10.7 Å². The van der Waals surface area contributed by atoms with Crippen LogP contribution in [-0.2, 0) is 6.18 Å². The van der Waals surface area contributed by atoms with E-state index in [-0.39, 0.29) is 5.69 Å². The Morgan fingerprint density at radius 2 is 1.57 bits per heavy atom. The van der Waals surface area contributed by atoms with Gasteiger partial charge in [-0.3, -0.25) is 0 Å². The minimum Gasteiger partial charge on any atom is -0.308 e. The lowest BCUT2D eigenvalue weighted by Gasteiger charge is -2.14. The quantitative estimate of drug-likeness (QED) is 0.804. The summed E-state index contributed by atoms with van der Waals surface area (Å²) in [5, 5.41) is 5.09. The van der Waals surface area contributed by atoms with Gasteiger partial charge in [-0.05, 0) is 36.4 Å². The van der Waals surface area contributed by atoms with E-state index in [1.54, 1.807) is 12.1 Å². The maximum atomic E-state index is 12.8. The molecule has 0 aromatic heterocycles. The van der Waals surface area contributed by atoms with Gasteiger partial charge in [-0.25, -0.2) is 4.79 Å². The number of nitrogens with one attached hydrogen (secondary N) is 2. The summed E-state index contributed by atoms with van der Waals surface area (Å²) in [6.45, 7) is 0. The van der Waals surface area contributed by atoms with Gasteiger partial charge in [-0.1, -0.05) is 23.7 Å². The molecule has 0 aliphatic heterocycles. The summed E-state index contributed by atoms with van der Waals surface area (Å²) in [5.74, 6) is 0. The summed E-state index contributed by atoms with van der Waals surface area (Å²) in [7, 11) is 0. The third kappa shape index (κ3) is 4.13. The Morgan fingerprint density at radius 1 is 0.952 bits per heavy atom. The second-order valence-electron chi connectivity index (χ2n) is 4.13. The molecule has 0 aliphatic rings. The van der Waals surface area contributed by atoms with Crippen molar-refractivity contribution in [2.75, 3.05) is 10.6 Å². The molecule has 3 nitrogen and oxygen atoms in total. The number of hydrogen-bond acceptors (Lipinski definition) is 1.